The van der Waals surface area contributed by atoms with E-state index < -0.39 is 0 Å². The van der Waals surface area contributed by atoms with E-state index in [1.807, 2.05) is 6.20 Å². The van der Waals surface area contributed by atoms with E-state index in [4.69, 9.17) is 0 Å². The third kappa shape index (κ3) is 3.37. The highest BCUT2D eigenvalue weighted by Crippen LogP contribution is 2.30. The van der Waals surface area contributed by atoms with E-state index in [1.165, 1.54) is 43.4 Å². The van der Waals surface area contributed by atoms with Crippen molar-refractivity contribution in [1.82, 2.24) is 10.2 Å². The van der Waals surface area contributed by atoms with Crippen LogP contribution in [-0.2, 0) is 5.41 Å². The van der Waals surface area contributed by atoms with Crippen molar-refractivity contribution in [3.05, 3.63) is 17.5 Å². The molecule has 0 aromatic carbocycles. The zero-order valence-electron chi connectivity index (χ0n) is 10.6. The average Bonchev–Trinajstić information content (AvgIpc) is 2.60. The molecule has 2 nitrogen and oxygen atoms in total. The summed E-state index contributed by atoms with van der Waals surface area (Å²) < 4.78 is 0. The summed E-state index contributed by atoms with van der Waals surface area (Å²) in [5.41, 5.74) is 2.86. The molecule has 15 heavy (non-hydrogen) atoms. The van der Waals surface area contributed by atoms with E-state index in [-0.39, 0.29) is 5.41 Å². The summed E-state index contributed by atoms with van der Waals surface area (Å²) in [6.07, 6.45) is 8.59. The van der Waals surface area contributed by atoms with Crippen LogP contribution < -0.4 is 0 Å². The van der Waals surface area contributed by atoms with Gasteiger partial charge in [0, 0.05) is 5.69 Å². The van der Waals surface area contributed by atoms with Crippen LogP contribution >= 0.6 is 0 Å². The summed E-state index contributed by atoms with van der Waals surface area (Å²) in [5, 5.41) is 7.13. The fourth-order valence-corrected chi connectivity index (χ4v) is 2.16. The highest BCUT2D eigenvalue weighted by Gasteiger charge is 2.22. The Kier molecular flexibility index (Phi) is 4.37. The van der Waals surface area contributed by atoms with E-state index in [1.54, 1.807) is 0 Å². The molecule has 0 atom stereocenters. The van der Waals surface area contributed by atoms with Crippen LogP contribution in [0.2, 0.25) is 0 Å². The van der Waals surface area contributed by atoms with Gasteiger partial charge in [-0.15, -0.1) is 0 Å². The Morgan fingerprint density at radius 2 is 2.00 bits per heavy atom. The van der Waals surface area contributed by atoms with Crippen molar-refractivity contribution in [3.63, 3.8) is 0 Å². The molecule has 0 saturated heterocycles. The van der Waals surface area contributed by atoms with Crippen molar-refractivity contribution in [2.75, 3.05) is 0 Å². The van der Waals surface area contributed by atoms with Crippen LogP contribution in [0.4, 0.5) is 0 Å². The van der Waals surface area contributed by atoms with Gasteiger partial charge in [0.25, 0.3) is 0 Å². The quantitative estimate of drug-likeness (QED) is 0.704. The van der Waals surface area contributed by atoms with Gasteiger partial charge >= 0.3 is 0 Å². The van der Waals surface area contributed by atoms with Crippen LogP contribution in [-0.4, -0.2) is 10.2 Å². The summed E-state index contributed by atoms with van der Waals surface area (Å²) in [6.45, 7) is 9.00. The van der Waals surface area contributed by atoms with Crippen molar-refractivity contribution >= 4 is 0 Å². The molecule has 1 N–H and O–H groups in total. The van der Waals surface area contributed by atoms with Crippen LogP contribution in [0, 0.1) is 6.92 Å². The maximum absolute atomic E-state index is 4.11. The smallest absolute Gasteiger partial charge is 0.0527 e. The molecule has 0 aliphatic carbocycles. The molecule has 2 heteroatoms. The molecule has 0 unspecified atom stereocenters. The van der Waals surface area contributed by atoms with Gasteiger partial charge in [-0.1, -0.05) is 46.5 Å². The fraction of sp³-hybridized carbons (Fsp3) is 0.769. The van der Waals surface area contributed by atoms with Gasteiger partial charge in [0.05, 0.1) is 6.20 Å². The number of aromatic amines is 1. The Balaban J connectivity index is 2.48. The summed E-state index contributed by atoms with van der Waals surface area (Å²) in [6, 6.07) is 0. The number of nitrogens with one attached hydrogen (secondary N) is 1. The van der Waals surface area contributed by atoms with Gasteiger partial charge in [-0.05, 0) is 24.3 Å². The molecular formula is C13H24N2. The number of unbranched alkanes of at least 4 members (excludes halogenated alkanes) is 3. The second-order valence-electron chi connectivity index (χ2n) is 5.10. The second kappa shape index (κ2) is 5.34. The van der Waals surface area contributed by atoms with Gasteiger partial charge < -0.3 is 0 Å². The van der Waals surface area contributed by atoms with Crippen LogP contribution in [0.15, 0.2) is 6.20 Å². The van der Waals surface area contributed by atoms with E-state index in [0.29, 0.717) is 0 Å². The largest absolute Gasteiger partial charge is 0.283 e. The Hall–Kier alpha value is -0.790. The third-order valence-corrected chi connectivity index (χ3v) is 3.21. The van der Waals surface area contributed by atoms with Gasteiger partial charge in [-0.2, -0.15) is 5.10 Å². The Morgan fingerprint density at radius 1 is 1.27 bits per heavy atom. The summed E-state index contributed by atoms with van der Waals surface area (Å²) in [7, 11) is 0. The Morgan fingerprint density at radius 3 is 2.53 bits per heavy atom. The van der Waals surface area contributed by atoms with E-state index in [9.17, 15) is 0 Å². The number of rotatable bonds is 6. The van der Waals surface area contributed by atoms with Crippen molar-refractivity contribution in [3.8, 4) is 0 Å². The lowest BCUT2D eigenvalue weighted by Gasteiger charge is -2.24. The van der Waals surface area contributed by atoms with Gasteiger partial charge in [-0.3, -0.25) is 5.10 Å². The minimum absolute atomic E-state index is 0.269. The molecule has 86 valence electrons. The topological polar surface area (TPSA) is 28.7 Å². The molecule has 0 bridgehead atoms. The molecule has 0 spiro atoms. The minimum atomic E-state index is 0.269. The van der Waals surface area contributed by atoms with Gasteiger partial charge in [-0.25, -0.2) is 0 Å². The summed E-state index contributed by atoms with van der Waals surface area (Å²) in [4.78, 5) is 0. The lowest BCUT2D eigenvalue weighted by Crippen LogP contribution is -2.17. The molecule has 0 aliphatic heterocycles. The molecule has 0 aliphatic rings. The first-order valence-corrected chi connectivity index (χ1v) is 6.08. The first-order valence-electron chi connectivity index (χ1n) is 6.08. The van der Waals surface area contributed by atoms with E-state index in [2.05, 4.69) is 37.9 Å². The third-order valence-electron chi connectivity index (χ3n) is 3.21. The van der Waals surface area contributed by atoms with Crippen molar-refractivity contribution in [1.29, 1.82) is 0 Å². The van der Waals surface area contributed by atoms with Crippen molar-refractivity contribution in [2.45, 2.75) is 65.2 Å². The first-order chi connectivity index (χ1) is 7.08. The van der Waals surface area contributed by atoms with E-state index in [0.717, 1.165) is 0 Å². The molecule has 0 amide bonds. The van der Waals surface area contributed by atoms with Crippen LogP contribution in [0.5, 0.6) is 0 Å². The molecule has 1 aromatic heterocycles. The molecular weight excluding hydrogens is 184 g/mol. The normalized spacial score (nSPS) is 12.0. The standard InChI is InChI=1S/C13H24N2/c1-5-6-7-8-9-13(3,4)12-10-14-15-11(12)2/h10H,5-9H2,1-4H3,(H,14,15). The molecule has 1 rings (SSSR count). The number of hydrogen-bond donors (Lipinski definition) is 1. The van der Waals surface area contributed by atoms with Gasteiger partial charge in [0.2, 0.25) is 0 Å². The number of nitrogens with zero attached hydrogens (tertiary/aromatic N) is 1. The number of H-pyrrole nitrogens is 1. The monoisotopic (exact) mass is 208 g/mol. The Bertz CT molecular complexity index is 286. The molecule has 1 aromatic rings. The van der Waals surface area contributed by atoms with Gasteiger partial charge in [0.15, 0.2) is 0 Å². The van der Waals surface area contributed by atoms with Crippen molar-refractivity contribution < 1.29 is 0 Å². The Labute approximate surface area is 93.5 Å². The highest BCUT2D eigenvalue weighted by atomic mass is 15.1. The van der Waals surface area contributed by atoms with E-state index >= 15 is 0 Å². The number of hydrogen-bond acceptors (Lipinski definition) is 1. The highest BCUT2D eigenvalue weighted by molar-refractivity contribution is 5.24. The maximum atomic E-state index is 4.11. The van der Waals surface area contributed by atoms with Crippen LogP contribution in [0.3, 0.4) is 0 Å². The van der Waals surface area contributed by atoms with Gasteiger partial charge in [0.1, 0.15) is 0 Å². The van der Waals surface area contributed by atoms with Crippen LogP contribution in [0.25, 0.3) is 0 Å². The number of aryl methyl sites for hydroxylation is 1. The zero-order chi connectivity index (χ0) is 11.3. The molecule has 0 radical (unpaired) electrons. The maximum Gasteiger partial charge on any atom is 0.0527 e. The molecule has 1 heterocycles. The average molecular weight is 208 g/mol. The summed E-state index contributed by atoms with van der Waals surface area (Å²) >= 11 is 0. The SMILES string of the molecule is CCCCCCC(C)(C)c1cn[nH]c1C. The zero-order valence-corrected chi connectivity index (χ0v) is 10.6. The fourth-order valence-electron chi connectivity index (χ4n) is 2.16. The first kappa shape index (κ1) is 12.3. The van der Waals surface area contributed by atoms with Crippen LogP contribution in [0.1, 0.15) is 64.1 Å². The number of aromatic nitrogens is 2. The predicted octanol–water partition coefficient (Wildman–Crippen LogP) is 3.97. The summed E-state index contributed by atoms with van der Waals surface area (Å²) in [5.74, 6) is 0. The molecule has 0 saturated carbocycles. The van der Waals surface area contributed by atoms with Crippen molar-refractivity contribution in [2.24, 2.45) is 0 Å². The lowest BCUT2D eigenvalue weighted by atomic mass is 9.80. The molecule has 0 fully saturated rings. The minimum Gasteiger partial charge on any atom is -0.283 e. The predicted molar refractivity (Wildman–Crippen MR) is 65.1 cm³/mol. The second-order valence-corrected chi connectivity index (χ2v) is 5.10. The lowest BCUT2D eigenvalue weighted by molar-refractivity contribution is 0.444.